The second kappa shape index (κ2) is 7.79. The van der Waals surface area contributed by atoms with Gasteiger partial charge in [0.1, 0.15) is 0 Å². The van der Waals surface area contributed by atoms with E-state index in [1.807, 2.05) is 30.3 Å². The topological polar surface area (TPSA) is 49.3 Å². The number of nitrogens with one attached hydrogen (secondary N) is 1. The Morgan fingerprint density at radius 2 is 1.71 bits per heavy atom. The van der Waals surface area contributed by atoms with Crippen LogP contribution in [0.1, 0.15) is 22.8 Å². The fourth-order valence-electron chi connectivity index (χ4n) is 2.00. The number of hydrogen-bond donors (Lipinski definition) is 2. The molecule has 0 aromatic heterocycles. The molecule has 0 radical (unpaired) electrons. The smallest absolute Gasteiger partial charge is 0.387 e. The lowest BCUT2D eigenvalue weighted by atomic mass is 10.1. The summed E-state index contributed by atoms with van der Waals surface area (Å²) in [4.78, 5) is 11.7. The molecule has 2 aromatic rings. The molecule has 126 valence electrons. The molecule has 1 amide bonds. The van der Waals surface area contributed by atoms with Crippen LogP contribution >= 0.6 is 0 Å². The highest BCUT2D eigenvalue weighted by Crippen LogP contribution is 2.29. The molecule has 1 atom stereocenters. The van der Waals surface area contributed by atoms with Crippen LogP contribution in [0.4, 0.5) is 13.2 Å². The van der Waals surface area contributed by atoms with Crippen molar-refractivity contribution in [3.8, 4) is 0 Å². The number of amides is 1. The minimum atomic E-state index is -4.42. The van der Waals surface area contributed by atoms with Crippen LogP contribution in [0.2, 0.25) is 0 Å². The Hall–Kier alpha value is -2.60. The molecule has 2 aromatic carbocycles. The molecule has 0 aliphatic heterocycles. The fourth-order valence-corrected chi connectivity index (χ4v) is 2.00. The Morgan fingerprint density at radius 1 is 1.08 bits per heavy atom. The third-order valence-corrected chi connectivity index (χ3v) is 3.32. The second-order valence-corrected chi connectivity index (χ2v) is 5.12. The van der Waals surface area contributed by atoms with Crippen molar-refractivity contribution in [2.24, 2.45) is 0 Å². The third-order valence-electron chi connectivity index (χ3n) is 3.32. The van der Waals surface area contributed by atoms with Crippen LogP contribution in [0.5, 0.6) is 0 Å². The minimum absolute atomic E-state index is 0.0939. The Kier molecular flexibility index (Phi) is 5.76. The highest BCUT2D eigenvalue weighted by Gasteiger charge is 2.30. The van der Waals surface area contributed by atoms with Crippen LogP contribution < -0.4 is 5.32 Å². The zero-order valence-corrected chi connectivity index (χ0v) is 12.6. The van der Waals surface area contributed by atoms with E-state index in [0.717, 1.165) is 17.7 Å². The van der Waals surface area contributed by atoms with Crippen molar-refractivity contribution in [3.05, 3.63) is 77.4 Å². The van der Waals surface area contributed by atoms with E-state index in [2.05, 4.69) is 5.32 Å². The number of rotatable bonds is 5. The quantitative estimate of drug-likeness (QED) is 0.821. The fraction of sp³-hybridized carbons (Fsp3) is 0.167. The molecule has 0 saturated carbocycles. The predicted octanol–water partition coefficient (Wildman–Crippen LogP) is 3.57. The highest BCUT2D eigenvalue weighted by atomic mass is 19.4. The average Bonchev–Trinajstić information content (AvgIpc) is 2.58. The van der Waals surface area contributed by atoms with E-state index in [-0.39, 0.29) is 6.54 Å². The van der Waals surface area contributed by atoms with Crippen molar-refractivity contribution in [1.82, 2.24) is 5.32 Å². The van der Waals surface area contributed by atoms with E-state index in [9.17, 15) is 23.1 Å². The standard InChI is InChI=1S/C18H16F3NO2/c19-18(20,21)15-9-7-14(8-10-15)16(23)12-22-17(24)11-6-13-4-2-1-3-5-13/h1-11,16,23H,12H2,(H,22,24)/b11-6+/t16-/m0/s1. The maximum atomic E-state index is 12.5. The van der Waals surface area contributed by atoms with Gasteiger partial charge in [0.2, 0.25) is 5.91 Å². The molecule has 0 saturated heterocycles. The summed E-state index contributed by atoms with van der Waals surface area (Å²) < 4.78 is 37.4. The Labute approximate surface area is 137 Å². The SMILES string of the molecule is O=C(/C=C/c1ccccc1)NC[C@H](O)c1ccc(C(F)(F)F)cc1. The van der Waals surface area contributed by atoms with Gasteiger partial charge in [-0.3, -0.25) is 4.79 Å². The number of aliphatic hydroxyl groups excluding tert-OH is 1. The van der Waals surface area contributed by atoms with Crippen molar-refractivity contribution >= 4 is 12.0 Å². The molecular weight excluding hydrogens is 319 g/mol. The zero-order valence-electron chi connectivity index (χ0n) is 12.6. The second-order valence-electron chi connectivity index (χ2n) is 5.12. The predicted molar refractivity (Wildman–Crippen MR) is 84.9 cm³/mol. The molecule has 2 rings (SSSR count). The van der Waals surface area contributed by atoms with Gasteiger partial charge in [0, 0.05) is 12.6 Å². The number of hydrogen-bond acceptors (Lipinski definition) is 2. The summed E-state index contributed by atoms with van der Waals surface area (Å²) in [6.45, 7) is -0.0939. The molecule has 0 fully saturated rings. The number of carbonyl (C=O) groups is 1. The van der Waals surface area contributed by atoms with Crippen LogP contribution in [-0.2, 0) is 11.0 Å². The molecule has 0 heterocycles. The summed E-state index contributed by atoms with van der Waals surface area (Å²) in [6, 6.07) is 13.4. The average molecular weight is 335 g/mol. The lowest BCUT2D eigenvalue weighted by Crippen LogP contribution is -2.26. The lowest BCUT2D eigenvalue weighted by molar-refractivity contribution is -0.137. The van der Waals surface area contributed by atoms with Gasteiger partial charge >= 0.3 is 6.18 Å². The van der Waals surface area contributed by atoms with Gasteiger partial charge in [-0.2, -0.15) is 13.2 Å². The van der Waals surface area contributed by atoms with Crippen molar-refractivity contribution in [2.75, 3.05) is 6.54 Å². The minimum Gasteiger partial charge on any atom is -0.387 e. The van der Waals surface area contributed by atoms with E-state index < -0.39 is 23.8 Å². The van der Waals surface area contributed by atoms with Gasteiger partial charge in [-0.15, -0.1) is 0 Å². The van der Waals surface area contributed by atoms with E-state index >= 15 is 0 Å². The molecule has 0 aliphatic carbocycles. The molecule has 2 N–H and O–H groups in total. The number of halogens is 3. The van der Waals surface area contributed by atoms with Crippen molar-refractivity contribution in [1.29, 1.82) is 0 Å². The van der Waals surface area contributed by atoms with Gasteiger partial charge in [-0.05, 0) is 29.3 Å². The summed E-state index contributed by atoms with van der Waals surface area (Å²) in [5.41, 5.74) is 0.375. The third kappa shape index (κ3) is 5.24. The highest BCUT2D eigenvalue weighted by molar-refractivity contribution is 5.91. The van der Waals surface area contributed by atoms with Crippen molar-refractivity contribution in [2.45, 2.75) is 12.3 Å². The summed E-state index contributed by atoms with van der Waals surface area (Å²) in [7, 11) is 0. The molecule has 3 nitrogen and oxygen atoms in total. The molecule has 0 unspecified atom stereocenters. The van der Waals surface area contributed by atoms with E-state index in [4.69, 9.17) is 0 Å². The number of alkyl halides is 3. The van der Waals surface area contributed by atoms with Crippen LogP contribution in [0, 0.1) is 0 Å². The van der Waals surface area contributed by atoms with E-state index in [1.165, 1.54) is 18.2 Å². The monoisotopic (exact) mass is 335 g/mol. The summed E-state index contributed by atoms with van der Waals surface area (Å²) in [6.07, 6.45) is -2.55. The van der Waals surface area contributed by atoms with E-state index in [1.54, 1.807) is 6.08 Å². The molecule has 0 spiro atoms. The molecule has 6 heteroatoms. The van der Waals surface area contributed by atoms with Crippen LogP contribution in [0.15, 0.2) is 60.7 Å². The maximum Gasteiger partial charge on any atom is 0.416 e. The molecule has 0 bridgehead atoms. The van der Waals surface area contributed by atoms with Gasteiger partial charge < -0.3 is 10.4 Å². The van der Waals surface area contributed by atoms with E-state index in [0.29, 0.717) is 5.56 Å². The zero-order chi connectivity index (χ0) is 17.6. The summed E-state index contributed by atoms with van der Waals surface area (Å²) in [5.74, 6) is -0.398. The summed E-state index contributed by atoms with van der Waals surface area (Å²) in [5, 5.41) is 12.4. The Bertz CT molecular complexity index is 694. The van der Waals surface area contributed by atoms with Crippen LogP contribution in [0.25, 0.3) is 6.08 Å². The first-order valence-corrected chi connectivity index (χ1v) is 7.22. The lowest BCUT2D eigenvalue weighted by Gasteiger charge is -2.13. The van der Waals surface area contributed by atoms with Gasteiger partial charge in [0.25, 0.3) is 0 Å². The van der Waals surface area contributed by atoms with Crippen LogP contribution in [0.3, 0.4) is 0 Å². The number of benzene rings is 2. The number of carbonyl (C=O) groups excluding carboxylic acids is 1. The first-order valence-electron chi connectivity index (χ1n) is 7.22. The molecule has 0 aliphatic rings. The largest absolute Gasteiger partial charge is 0.416 e. The number of aliphatic hydroxyl groups is 1. The summed E-state index contributed by atoms with van der Waals surface area (Å²) >= 11 is 0. The Balaban J connectivity index is 1.87. The van der Waals surface area contributed by atoms with Gasteiger partial charge in [0.15, 0.2) is 0 Å². The maximum absolute atomic E-state index is 12.5. The van der Waals surface area contributed by atoms with Crippen LogP contribution in [-0.4, -0.2) is 17.6 Å². The molecule has 24 heavy (non-hydrogen) atoms. The van der Waals surface area contributed by atoms with Gasteiger partial charge in [0.05, 0.1) is 11.7 Å². The normalized spacial score (nSPS) is 13.0. The van der Waals surface area contributed by atoms with Gasteiger partial charge in [-0.25, -0.2) is 0 Å². The van der Waals surface area contributed by atoms with Crippen molar-refractivity contribution < 1.29 is 23.1 Å². The first kappa shape index (κ1) is 17.7. The van der Waals surface area contributed by atoms with Gasteiger partial charge in [-0.1, -0.05) is 42.5 Å². The molecular formula is C18H16F3NO2. The van der Waals surface area contributed by atoms with Crippen molar-refractivity contribution in [3.63, 3.8) is 0 Å². The Morgan fingerprint density at radius 3 is 2.29 bits per heavy atom. The first-order chi connectivity index (χ1) is 11.4.